The van der Waals surface area contributed by atoms with Crippen LogP contribution in [0.25, 0.3) is 0 Å². The first-order valence-corrected chi connectivity index (χ1v) is 7.65. The van der Waals surface area contributed by atoms with Crippen molar-refractivity contribution in [3.63, 3.8) is 0 Å². The predicted molar refractivity (Wildman–Crippen MR) is 78.8 cm³/mol. The Kier molecular flexibility index (Phi) is 5.03. The first kappa shape index (κ1) is 17.4. The highest BCUT2D eigenvalue weighted by Gasteiger charge is 2.35. The molecule has 0 saturated carbocycles. The zero-order chi connectivity index (χ0) is 17.2. The van der Waals surface area contributed by atoms with E-state index in [9.17, 15) is 22.4 Å². The number of hydrogen-bond donors (Lipinski definition) is 1. The average Bonchev–Trinajstić information content (AvgIpc) is 2.93. The lowest BCUT2D eigenvalue weighted by atomic mass is 10.1. The van der Waals surface area contributed by atoms with Gasteiger partial charge in [-0.05, 0) is 18.2 Å². The van der Waals surface area contributed by atoms with Crippen LogP contribution in [0.5, 0.6) is 0 Å². The first-order valence-electron chi connectivity index (χ1n) is 6.77. The summed E-state index contributed by atoms with van der Waals surface area (Å²) in [5.74, 6) is -1.73. The Hall–Kier alpha value is -1.96. The molecule has 0 aliphatic heterocycles. The number of amides is 1. The third-order valence-electron chi connectivity index (χ3n) is 3.03. The molecule has 0 aliphatic carbocycles. The van der Waals surface area contributed by atoms with Gasteiger partial charge in [-0.2, -0.15) is 13.2 Å². The van der Waals surface area contributed by atoms with Gasteiger partial charge in [-0.3, -0.25) is 4.79 Å². The fraction of sp³-hybridized carbons (Fsp3) is 0.333. The highest BCUT2D eigenvalue weighted by atomic mass is 32.1. The summed E-state index contributed by atoms with van der Waals surface area (Å²) in [7, 11) is 0. The topological polar surface area (TPSA) is 42.0 Å². The Labute approximate surface area is 134 Å². The molecule has 3 nitrogen and oxygen atoms in total. The van der Waals surface area contributed by atoms with Gasteiger partial charge in [0.1, 0.15) is 5.82 Å². The monoisotopic (exact) mass is 346 g/mol. The van der Waals surface area contributed by atoms with E-state index in [2.05, 4.69) is 10.3 Å². The second-order valence-electron chi connectivity index (χ2n) is 5.20. The SMILES string of the molecule is CC(C)c1nc(CNC(=O)c2ccc(F)cc2C(F)(F)F)cs1. The molecule has 1 amide bonds. The van der Waals surface area contributed by atoms with Crippen LogP contribution in [0.1, 0.15) is 46.4 Å². The van der Waals surface area contributed by atoms with Gasteiger partial charge in [0.05, 0.1) is 28.4 Å². The highest BCUT2D eigenvalue weighted by molar-refractivity contribution is 7.09. The maximum Gasteiger partial charge on any atom is 0.417 e. The number of thiazole rings is 1. The van der Waals surface area contributed by atoms with E-state index in [1.165, 1.54) is 11.3 Å². The van der Waals surface area contributed by atoms with E-state index in [1.807, 2.05) is 13.8 Å². The molecule has 1 aromatic heterocycles. The second kappa shape index (κ2) is 6.66. The summed E-state index contributed by atoms with van der Waals surface area (Å²) < 4.78 is 51.7. The molecule has 0 bridgehead atoms. The Balaban J connectivity index is 2.14. The summed E-state index contributed by atoms with van der Waals surface area (Å²) in [5.41, 5.74) is -1.34. The Morgan fingerprint density at radius 2 is 2.04 bits per heavy atom. The van der Waals surface area contributed by atoms with Crippen molar-refractivity contribution in [1.82, 2.24) is 10.3 Å². The maximum atomic E-state index is 13.0. The van der Waals surface area contributed by atoms with E-state index in [0.29, 0.717) is 11.8 Å². The molecular weight excluding hydrogens is 332 g/mol. The number of aromatic nitrogens is 1. The number of hydrogen-bond acceptors (Lipinski definition) is 3. The van der Waals surface area contributed by atoms with Crippen LogP contribution in [0.3, 0.4) is 0 Å². The highest BCUT2D eigenvalue weighted by Crippen LogP contribution is 2.32. The third-order valence-corrected chi connectivity index (χ3v) is 4.22. The molecule has 0 aliphatic rings. The van der Waals surface area contributed by atoms with Crippen molar-refractivity contribution in [2.75, 3.05) is 0 Å². The average molecular weight is 346 g/mol. The lowest BCUT2D eigenvalue weighted by molar-refractivity contribution is -0.138. The molecule has 0 radical (unpaired) electrons. The minimum atomic E-state index is -4.81. The molecule has 23 heavy (non-hydrogen) atoms. The smallest absolute Gasteiger partial charge is 0.346 e. The van der Waals surface area contributed by atoms with Gasteiger partial charge in [-0.1, -0.05) is 13.8 Å². The van der Waals surface area contributed by atoms with Crippen molar-refractivity contribution in [2.24, 2.45) is 0 Å². The fourth-order valence-electron chi connectivity index (χ4n) is 1.88. The molecule has 0 fully saturated rings. The zero-order valence-corrected chi connectivity index (χ0v) is 13.2. The van der Waals surface area contributed by atoms with Crippen LogP contribution in [0, 0.1) is 5.82 Å². The van der Waals surface area contributed by atoms with Gasteiger partial charge >= 0.3 is 6.18 Å². The van der Waals surface area contributed by atoms with Crippen molar-refractivity contribution >= 4 is 17.2 Å². The second-order valence-corrected chi connectivity index (χ2v) is 6.09. The van der Waals surface area contributed by atoms with Gasteiger partial charge in [0.15, 0.2) is 0 Å². The molecular formula is C15H14F4N2OS. The van der Waals surface area contributed by atoms with Crippen LogP contribution < -0.4 is 5.32 Å². The van der Waals surface area contributed by atoms with E-state index in [4.69, 9.17) is 0 Å². The van der Waals surface area contributed by atoms with Crippen molar-refractivity contribution < 1.29 is 22.4 Å². The van der Waals surface area contributed by atoms with Crippen molar-refractivity contribution in [3.05, 3.63) is 51.2 Å². The quantitative estimate of drug-likeness (QED) is 0.836. The number of rotatable bonds is 4. The van der Waals surface area contributed by atoms with Crippen LogP contribution in [0.2, 0.25) is 0 Å². The molecule has 1 aromatic carbocycles. The van der Waals surface area contributed by atoms with Gasteiger partial charge in [0.25, 0.3) is 5.91 Å². The predicted octanol–water partition coefficient (Wildman–Crippen LogP) is 4.35. The minimum Gasteiger partial charge on any atom is -0.346 e. The summed E-state index contributed by atoms with van der Waals surface area (Å²) in [5, 5.41) is 5.00. The van der Waals surface area contributed by atoms with E-state index >= 15 is 0 Å². The summed E-state index contributed by atoms with van der Waals surface area (Å²) >= 11 is 1.42. The van der Waals surface area contributed by atoms with E-state index in [-0.39, 0.29) is 12.5 Å². The van der Waals surface area contributed by atoms with Crippen LogP contribution >= 0.6 is 11.3 Å². The van der Waals surface area contributed by atoms with Crippen molar-refractivity contribution in [2.45, 2.75) is 32.5 Å². The normalized spacial score (nSPS) is 11.8. The van der Waals surface area contributed by atoms with E-state index < -0.39 is 29.0 Å². The van der Waals surface area contributed by atoms with Gasteiger partial charge in [-0.25, -0.2) is 9.37 Å². The summed E-state index contributed by atoms with van der Waals surface area (Å²) in [4.78, 5) is 16.3. The van der Waals surface area contributed by atoms with Gasteiger partial charge < -0.3 is 5.32 Å². The van der Waals surface area contributed by atoms with Gasteiger partial charge in [0.2, 0.25) is 0 Å². The molecule has 2 aromatic rings. The summed E-state index contributed by atoms with van der Waals surface area (Å²) in [6.45, 7) is 3.95. The molecule has 0 atom stereocenters. The van der Waals surface area contributed by atoms with Crippen LogP contribution in [0.15, 0.2) is 23.6 Å². The van der Waals surface area contributed by atoms with E-state index in [0.717, 1.165) is 17.1 Å². The Morgan fingerprint density at radius 3 is 2.61 bits per heavy atom. The lowest BCUT2D eigenvalue weighted by Gasteiger charge is -2.12. The summed E-state index contributed by atoms with van der Waals surface area (Å²) in [6.07, 6.45) is -4.81. The van der Waals surface area contributed by atoms with Crippen LogP contribution in [-0.2, 0) is 12.7 Å². The first-order chi connectivity index (χ1) is 10.7. The number of carbonyl (C=O) groups excluding carboxylic acids is 1. The number of nitrogens with one attached hydrogen (secondary N) is 1. The number of carbonyl (C=O) groups is 1. The molecule has 1 heterocycles. The van der Waals surface area contributed by atoms with Crippen LogP contribution in [-0.4, -0.2) is 10.9 Å². The van der Waals surface area contributed by atoms with Crippen molar-refractivity contribution in [1.29, 1.82) is 0 Å². The van der Waals surface area contributed by atoms with Crippen molar-refractivity contribution in [3.8, 4) is 0 Å². The number of nitrogens with zero attached hydrogens (tertiary/aromatic N) is 1. The molecule has 0 spiro atoms. The largest absolute Gasteiger partial charge is 0.417 e. The van der Waals surface area contributed by atoms with Crippen LogP contribution in [0.4, 0.5) is 17.6 Å². The maximum absolute atomic E-state index is 13.0. The number of alkyl halides is 3. The lowest BCUT2D eigenvalue weighted by Crippen LogP contribution is -2.26. The standard InChI is InChI=1S/C15H14F4N2OS/c1-8(2)14-21-10(7-23-14)6-20-13(22)11-4-3-9(16)5-12(11)15(17,18)19/h3-5,7-8H,6H2,1-2H3,(H,20,22). The molecule has 8 heteroatoms. The molecule has 0 unspecified atom stereocenters. The van der Waals surface area contributed by atoms with Gasteiger partial charge in [-0.15, -0.1) is 11.3 Å². The molecule has 124 valence electrons. The van der Waals surface area contributed by atoms with E-state index in [1.54, 1.807) is 5.38 Å². The fourth-order valence-corrected chi connectivity index (χ4v) is 2.72. The summed E-state index contributed by atoms with van der Waals surface area (Å²) in [6, 6.07) is 1.96. The minimum absolute atomic E-state index is 0.0106. The van der Waals surface area contributed by atoms with Gasteiger partial charge in [0, 0.05) is 11.3 Å². The molecule has 0 saturated heterocycles. The number of halogens is 4. The molecule has 2 rings (SSSR count). The Bertz CT molecular complexity index is 710. The Morgan fingerprint density at radius 1 is 1.35 bits per heavy atom. The molecule has 1 N–H and O–H groups in total. The third kappa shape index (κ3) is 4.28. The number of benzene rings is 1. The zero-order valence-electron chi connectivity index (χ0n) is 12.4.